The number of nitrogens with one attached hydrogen (secondary N) is 1. The molecule has 1 aromatic carbocycles. The molecule has 19 heavy (non-hydrogen) atoms. The van der Waals surface area contributed by atoms with E-state index >= 15 is 0 Å². The molecule has 1 N–H and O–H groups in total. The molecular weight excluding hydrogens is 267 g/mol. The minimum Gasteiger partial charge on any atom is -0.282 e. The number of benzene rings is 1. The molecule has 0 aliphatic rings. The molecule has 0 aliphatic heterocycles. The predicted molar refractivity (Wildman–Crippen MR) is 60.4 cm³/mol. The molecule has 0 spiro atoms. The number of carbonyl (C=O) groups is 1. The zero-order valence-electron chi connectivity index (χ0n) is 9.99. The Bertz CT molecular complexity index is 516. The molecule has 0 radical (unpaired) electrons. The maximum Gasteiger partial charge on any atom is 0.472 e. The van der Waals surface area contributed by atoms with Crippen LogP contribution in [0.4, 0.5) is 24.5 Å². The average molecular weight is 277 g/mol. The SMILES string of the molecule is Cc1ccc([N+](=O)[O-])c(N(C)NC(=O)C(F)(F)F)c1. The first-order chi connectivity index (χ1) is 8.62. The summed E-state index contributed by atoms with van der Waals surface area (Å²) >= 11 is 0. The van der Waals surface area contributed by atoms with E-state index in [2.05, 4.69) is 0 Å². The van der Waals surface area contributed by atoms with Gasteiger partial charge in [0.05, 0.1) is 4.92 Å². The Morgan fingerprint density at radius 3 is 2.47 bits per heavy atom. The van der Waals surface area contributed by atoms with E-state index in [-0.39, 0.29) is 5.69 Å². The van der Waals surface area contributed by atoms with Crippen LogP contribution in [0.5, 0.6) is 0 Å². The number of carbonyl (C=O) groups excluding carboxylic acids is 1. The lowest BCUT2D eigenvalue weighted by atomic mass is 10.2. The molecule has 0 unspecified atom stereocenters. The summed E-state index contributed by atoms with van der Waals surface area (Å²) in [6, 6.07) is 3.90. The number of anilines is 1. The van der Waals surface area contributed by atoms with Crippen molar-refractivity contribution >= 4 is 17.3 Å². The van der Waals surface area contributed by atoms with Crippen LogP contribution in [-0.4, -0.2) is 24.1 Å². The Morgan fingerprint density at radius 1 is 1.42 bits per heavy atom. The van der Waals surface area contributed by atoms with Crippen LogP contribution in [0.15, 0.2) is 18.2 Å². The minimum absolute atomic E-state index is 0.136. The van der Waals surface area contributed by atoms with Crippen LogP contribution >= 0.6 is 0 Å². The molecule has 0 aromatic heterocycles. The van der Waals surface area contributed by atoms with Crippen LogP contribution in [0.25, 0.3) is 0 Å². The first kappa shape index (κ1) is 14.7. The van der Waals surface area contributed by atoms with Crippen molar-refractivity contribution in [1.29, 1.82) is 0 Å². The van der Waals surface area contributed by atoms with Crippen LogP contribution in [0, 0.1) is 17.0 Å². The van der Waals surface area contributed by atoms with Gasteiger partial charge in [-0.15, -0.1) is 0 Å². The molecule has 0 fully saturated rings. The van der Waals surface area contributed by atoms with Gasteiger partial charge >= 0.3 is 12.1 Å². The lowest BCUT2D eigenvalue weighted by molar-refractivity contribution is -0.384. The van der Waals surface area contributed by atoms with Gasteiger partial charge in [0.15, 0.2) is 0 Å². The molecule has 1 aromatic rings. The summed E-state index contributed by atoms with van der Waals surface area (Å²) in [5.41, 5.74) is 1.59. The molecule has 6 nitrogen and oxygen atoms in total. The molecule has 1 rings (SSSR count). The third kappa shape index (κ3) is 3.57. The molecule has 0 saturated carbocycles. The lowest BCUT2D eigenvalue weighted by Gasteiger charge is -2.21. The number of hydrogen-bond acceptors (Lipinski definition) is 4. The number of amides is 1. The normalized spacial score (nSPS) is 11.0. The van der Waals surface area contributed by atoms with Gasteiger partial charge in [0, 0.05) is 13.1 Å². The Labute approximate surface area is 105 Å². The fraction of sp³-hybridized carbons (Fsp3) is 0.300. The smallest absolute Gasteiger partial charge is 0.282 e. The van der Waals surface area contributed by atoms with Crippen LogP contribution in [0.3, 0.4) is 0 Å². The summed E-state index contributed by atoms with van der Waals surface area (Å²) in [5, 5.41) is 11.4. The molecule has 0 atom stereocenters. The van der Waals surface area contributed by atoms with E-state index in [0.717, 1.165) is 13.1 Å². The van der Waals surface area contributed by atoms with Gasteiger partial charge in [-0.05, 0) is 18.6 Å². The molecule has 0 heterocycles. The van der Waals surface area contributed by atoms with E-state index in [0.29, 0.717) is 10.6 Å². The zero-order valence-corrected chi connectivity index (χ0v) is 9.99. The summed E-state index contributed by atoms with van der Waals surface area (Å²) < 4.78 is 36.3. The van der Waals surface area contributed by atoms with Gasteiger partial charge in [-0.1, -0.05) is 6.07 Å². The number of nitro groups is 1. The van der Waals surface area contributed by atoms with Crippen molar-refractivity contribution in [2.75, 3.05) is 12.1 Å². The summed E-state index contributed by atoms with van der Waals surface area (Å²) in [7, 11) is 1.09. The van der Waals surface area contributed by atoms with Crippen molar-refractivity contribution in [3.05, 3.63) is 33.9 Å². The van der Waals surface area contributed by atoms with Crippen molar-refractivity contribution in [3.8, 4) is 0 Å². The Kier molecular flexibility index (Phi) is 3.98. The van der Waals surface area contributed by atoms with E-state index < -0.39 is 22.7 Å². The molecule has 0 bridgehead atoms. The monoisotopic (exact) mass is 277 g/mol. The summed E-state index contributed by atoms with van der Waals surface area (Å²) in [6.07, 6.45) is -5.06. The predicted octanol–water partition coefficient (Wildman–Crippen LogP) is 1.93. The Hall–Kier alpha value is -2.32. The maximum atomic E-state index is 12.1. The molecular formula is C10H10F3N3O3. The highest BCUT2D eigenvalue weighted by Crippen LogP contribution is 2.27. The largest absolute Gasteiger partial charge is 0.472 e. The number of hydrogen-bond donors (Lipinski definition) is 1. The second kappa shape index (κ2) is 5.12. The van der Waals surface area contributed by atoms with Crippen molar-refractivity contribution in [2.45, 2.75) is 13.1 Å². The topological polar surface area (TPSA) is 75.5 Å². The van der Waals surface area contributed by atoms with Crippen LogP contribution in [0.1, 0.15) is 5.56 Å². The van der Waals surface area contributed by atoms with Gasteiger partial charge in [0.25, 0.3) is 5.69 Å². The Morgan fingerprint density at radius 2 is 2.00 bits per heavy atom. The van der Waals surface area contributed by atoms with E-state index in [1.807, 2.05) is 0 Å². The van der Waals surface area contributed by atoms with E-state index in [4.69, 9.17) is 0 Å². The van der Waals surface area contributed by atoms with Gasteiger partial charge in [0.1, 0.15) is 5.69 Å². The van der Waals surface area contributed by atoms with E-state index in [1.165, 1.54) is 17.6 Å². The minimum atomic E-state index is -5.06. The molecule has 1 amide bonds. The fourth-order valence-electron chi connectivity index (χ4n) is 1.33. The van der Waals surface area contributed by atoms with Crippen molar-refractivity contribution in [3.63, 3.8) is 0 Å². The standard InChI is InChI=1S/C10H10F3N3O3/c1-6-3-4-7(16(18)19)8(5-6)15(2)14-9(17)10(11,12)13/h3-5H,1-2H3,(H,14,17). The number of rotatable bonds is 3. The second-order valence-electron chi connectivity index (χ2n) is 3.75. The summed E-state index contributed by atoms with van der Waals surface area (Å²) in [6.45, 7) is 1.62. The third-order valence-corrected chi connectivity index (χ3v) is 2.22. The third-order valence-electron chi connectivity index (χ3n) is 2.22. The Balaban J connectivity index is 3.05. The van der Waals surface area contributed by atoms with Crippen molar-refractivity contribution in [1.82, 2.24) is 5.43 Å². The maximum absolute atomic E-state index is 12.1. The number of hydrazine groups is 1. The molecule has 9 heteroatoms. The fourth-order valence-corrected chi connectivity index (χ4v) is 1.33. The van der Waals surface area contributed by atoms with Crippen molar-refractivity contribution in [2.24, 2.45) is 0 Å². The van der Waals surface area contributed by atoms with E-state index in [9.17, 15) is 28.1 Å². The molecule has 0 aliphatic carbocycles. The van der Waals surface area contributed by atoms with E-state index in [1.54, 1.807) is 6.92 Å². The molecule has 104 valence electrons. The van der Waals surface area contributed by atoms with Crippen LogP contribution in [-0.2, 0) is 4.79 Å². The van der Waals surface area contributed by atoms with Gasteiger partial charge in [-0.25, -0.2) is 0 Å². The van der Waals surface area contributed by atoms with Gasteiger partial charge in [0.2, 0.25) is 0 Å². The zero-order chi connectivity index (χ0) is 14.8. The molecule has 0 saturated heterocycles. The number of halogens is 3. The first-order valence-corrected chi connectivity index (χ1v) is 4.99. The summed E-state index contributed by atoms with van der Waals surface area (Å²) in [5.74, 6) is -2.20. The number of alkyl halides is 3. The number of nitrogens with zero attached hydrogens (tertiary/aromatic N) is 2. The van der Waals surface area contributed by atoms with Crippen LogP contribution in [0.2, 0.25) is 0 Å². The van der Waals surface area contributed by atoms with Gasteiger partial charge in [-0.2, -0.15) is 13.2 Å². The number of aryl methyl sites for hydroxylation is 1. The van der Waals surface area contributed by atoms with Gasteiger partial charge < -0.3 is 0 Å². The average Bonchev–Trinajstić information content (AvgIpc) is 2.26. The summed E-state index contributed by atoms with van der Waals surface area (Å²) in [4.78, 5) is 20.8. The highest BCUT2D eigenvalue weighted by atomic mass is 19.4. The highest BCUT2D eigenvalue weighted by Gasteiger charge is 2.39. The quantitative estimate of drug-likeness (QED) is 0.676. The second-order valence-corrected chi connectivity index (χ2v) is 3.75. The number of nitro benzene ring substituents is 1. The van der Waals surface area contributed by atoms with Gasteiger partial charge in [-0.3, -0.25) is 25.3 Å². The van der Waals surface area contributed by atoms with Crippen molar-refractivity contribution < 1.29 is 22.9 Å². The first-order valence-electron chi connectivity index (χ1n) is 4.99. The van der Waals surface area contributed by atoms with Crippen LogP contribution < -0.4 is 10.4 Å². The highest BCUT2D eigenvalue weighted by molar-refractivity contribution is 5.83. The lowest BCUT2D eigenvalue weighted by Crippen LogP contribution is -2.46.